The van der Waals surface area contributed by atoms with E-state index in [9.17, 15) is 0 Å². The normalized spacial score (nSPS) is 12.1. The topological polar surface area (TPSA) is 12.9 Å². The SMILES string of the molecule is CC(C)(C)c1ccc(-c2nccc3c2ccc2c4ccccc4ccc32)cc1. The Balaban J connectivity index is 1.75. The lowest BCUT2D eigenvalue weighted by atomic mass is 9.86. The van der Waals surface area contributed by atoms with Gasteiger partial charge in [0.2, 0.25) is 0 Å². The van der Waals surface area contributed by atoms with Crippen LogP contribution in [0.3, 0.4) is 0 Å². The van der Waals surface area contributed by atoms with Gasteiger partial charge in [-0.1, -0.05) is 93.6 Å². The third-order valence-electron chi connectivity index (χ3n) is 5.69. The van der Waals surface area contributed by atoms with Crippen molar-refractivity contribution in [2.75, 3.05) is 0 Å². The first-order valence-corrected chi connectivity index (χ1v) is 9.82. The summed E-state index contributed by atoms with van der Waals surface area (Å²) in [6.07, 6.45) is 1.93. The predicted molar refractivity (Wildman–Crippen MR) is 121 cm³/mol. The summed E-state index contributed by atoms with van der Waals surface area (Å²) in [6.45, 7) is 6.73. The average Bonchev–Trinajstić information content (AvgIpc) is 2.72. The molecule has 0 unspecified atom stereocenters. The van der Waals surface area contributed by atoms with Crippen molar-refractivity contribution in [3.63, 3.8) is 0 Å². The first kappa shape index (κ1) is 16.9. The standard InChI is InChI=1S/C27H23N/c1-27(2,3)20-11-8-19(9-12-20)26-25-15-14-22-21-7-5-4-6-18(21)10-13-23(22)24(25)16-17-28-26/h4-17H,1-3H3. The van der Waals surface area contributed by atoms with Gasteiger partial charge in [0.05, 0.1) is 5.69 Å². The van der Waals surface area contributed by atoms with E-state index >= 15 is 0 Å². The second kappa shape index (κ2) is 6.17. The Morgan fingerprint density at radius 3 is 2.00 bits per heavy atom. The van der Waals surface area contributed by atoms with Crippen molar-refractivity contribution in [3.05, 3.63) is 90.6 Å². The lowest BCUT2D eigenvalue weighted by Gasteiger charge is -2.19. The van der Waals surface area contributed by atoms with Gasteiger partial charge >= 0.3 is 0 Å². The van der Waals surface area contributed by atoms with E-state index in [4.69, 9.17) is 4.98 Å². The van der Waals surface area contributed by atoms with Crippen LogP contribution in [0.4, 0.5) is 0 Å². The quantitative estimate of drug-likeness (QED) is 0.282. The highest BCUT2D eigenvalue weighted by atomic mass is 14.7. The summed E-state index contributed by atoms with van der Waals surface area (Å²) in [5, 5.41) is 7.62. The molecular weight excluding hydrogens is 338 g/mol. The Labute approximate surface area is 165 Å². The van der Waals surface area contributed by atoms with Crippen LogP contribution in [-0.4, -0.2) is 4.98 Å². The van der Waals surface area contributed by atoms with Crippen molar-refractivity contribution >= 4 is 32.3 Å². The summed E-state index contributed by atoms with van der Waals surface area (Å²) < 4.78 is 0. The number of hydrogen-bond acceptors (Lipinski definition) is 1. The molecule has 1 aromatic heterocycles. The van der Waals surface area contributed by atoms with Gasteiger partial charge in [-0.05, 0) is 44.0 Å². The number of hydrogen-bond donors (Lipinski definition) is 0. The van der Waals surface area contributed by atoms with E-state index in [0.29, 0.717) is 0 Å². The first-order valence-electron chi connectivity index (χ1n) is 9.82. The summed E-state index contributed by atoms with van der Waals surface area (Å²) in [5.74, 6) is 0. The fourth-order valence-electron chi connectivity index (χ4n) is 4.11. The minimum absolute atomic E-state index is 0.155. The predicted octanol–water partition coefficient (Wildman–Crippen LogP) is 7.51. The van der Waals surface area contributed by atoms with E-state index < -0.39 is 0 Å². The fourth-order valence-corrected chi connectivity index (χ4v) is 4.11. The smallest absolute Gasteiger partial charge is 0.0780 e. The van der Waals surface area contributed by atoms with E-state index in [0.717, 1.165) is 5.69 Å². The minimum atomic E-state index is 0.155. The van der Waals surface area contributed by atoms with Crippen LogP contribution in [0.1, 0.15) is 26.3 Å². The number of rotatable bonds is 1. The van der Waals surface area contributed by atoms with Crippen molar-refractivity contribution in [1.82, 2.24) is 4.98 Å². The lowest BCUT2D eigenvalue weighted by molar-refractivity contribution is 0.590. The van der Waals surface area contributed by atoms with Crippen molar-refractivity contribution in [3.8, 4) is 11.3 Å². The summed E-state index contributed by atoms with van der Waals surface area (Å²) in [5.41, 5.74) is 3.71. The molecule has 0 aliphatic rings. The lowest BCUT2D eigenvalue weighted by Crippen LogP contribution is -2.10. The van der Waals surface area contributed by atoms with Gasteiger partial charge < -0.3 is 0 Å². The molecule has 0 saturated carbocycles. The second-order valence-electron chi connectivity index (χ2n) is 8.53. The third kappa shape index (κ3) is 2.66. The highest BCUT2D eigenvalue weighted by Gasteiger charge is 2.14. The van der Waals surface area contributed by atoms with Crippen molar-refractivity contribution in [1.29, 1.82) is 0 Å². The zero-order chi connectivity index (χ0) is 19.3. The molecule has 1 heterocycles. The van der Waals surface area contributed by atoms with Gasteiger partial charge in [-0.15, -0.1) is 0 Å². The number of aromatic nitrogens is 1. The van der Waals surface area contributed by atoms with Crippen LogP contribution in [0.5, 0.6) is 0 Å². The van der Waals surface area contributed by atoms with E-state index in [1.54, 1.807) is 0 Å². The number of pyridine rings is 1. The van der Waals surface area contributed by atoms with E-state index in [1.807, 2.05) is 6.20 Å². The van der Waals surface area contributed by atoms with Crippen molar-refractivity contribution in [2.45, 2.75) is 26.2 Å². The zero-order valence-electron chi connectivity index (χ0n) is 16.5. The largest absolute Gasteiger partial charge is 0.256 e. The molecule has 0 fully saturated rings. The Morgan fingerprint density at radius 2 is 1.21 bits per heavy atom. The maximum Gasteiger partial charge on any atom is 0.0780 e. The summed E-state index contributed by atoms with van der Waals surface area (Å²) in [7, 11) is 0. The highest BCUT2D eigenvalue weighted by molar-refractivity contribution is 6.18. The molecule has 0 spiro atoms. The van der Waals surface area contributed by atoms with Crippen LogP contribution in [-0.2, 0) is 5.41 Å². The van der Waals surface area contributed by atoms with Crippen LogP contribution in [0.15, 0.2) is 85.1 Å². The molecule has 5 aromatic rings. The van der Waals surface area contributed by atoms with Crippen LogP contribution in [0.25, 0.3) is 43.6 Å². The molecular formula is C27H23N. The molecule has 0 aliphatic carbocycles. The molecule has 28 heavy (non-hydrogen) atoms. The van der Waals surface area contributed by atoms with Gasteiger partial charge in [-0.25, -0.2) is 0 Å². The summed E-state index contributed by atoms with van der Waals surface area (Å²) >= 11 is 0. The van der Waals surface area contributed by atoms with E-state index in [2.05, 4.69) is 99.6 Å². The minimum Gasteiger partial charge on any atom is -0.256 e. The molecule has 5 rings (SSSR count). The maximum atomic E-state index is 4.74. The van der Waals surface area contributed by atoms with Gasteiger partial charge in [0.25, 0.3) is 0 Å². The van der Waals surface area contributed by atoms with Gasteiger partial charge in [-0.3, -0.25) is 4.98 Å². The zero-order valence-corrected chi connectivity index (χ0v) is 16.5. The van der Waals surface area contributed by atoms with Crippen LogP contribution < -0.4 is 0 Å². The molecule has 0 amide bonds. The van der Waals surface area contributed by atoms with Crippen molar-refractivity contribution < 1.29 is 0 Å². The Kier molecular flexibility index (Phi) is 3.73. The highest BCUT2D eigenvalue weighted by Crippen LogP contribution is 2.35. The first-order chi connectivity index (χ1) is 13.5. The maximum absolute atomic E-state index is 4.74. The Morgan fingerprint density at radius 1 is 0.571 bits per heavy atom. The number of nitrogens with zero attached hydrogens (tertiary/aromatic N) is 1. The Hall–Kier alpha value is -3.19. The van der Waals surface area contributed by atoms with Gasteiger partial charge in [0.1, 0.15) is 0 Å². The van der Waals surface area contributed by atoms with Gasteiger partial charge in [0.15, 0.2) is 0 Å². The van der Waals surface area contributed by atoms with Crippen LogP contribution in [0.2, 0.25) is 0 Å². The molecule has 0 saturated heterocycles. The third-order valence-corrected chi connectivity index (χ3v) is 5.69. The molecule has 0 bridgehead atoms. The second-order valence-corrected chi connectivity index (χ2v) is 8.53. The van der Waals surface area contributed by atoms with Crippen LogP contribution in [0, 0.1) is 0 Å². The molecule has 1 heteroatoms. The molecule has 0 N–H and O–H groups in total. The molecule has 136 valence electrons. The molecule has 4 aromatic carbocycles. The van der Waals surface area contributed by atoms with E-state index in [1.165, 1.54) is 43.4 Å². The van der Waals surface area contributed by atoms with Gasteiger partial charge in [0, 0.05) is 17.1 Å². The molecule has 1 nitrogen and oxygen atoms in total. The van der Waals surface area contributed by atoms with Crippen molar-refractivity contribution in [2.24, 2.45) is 0 Å². The molecule has 0 atom stereocenters. The van der Waals surface area contributed by atoms with Crippen LogP contribution >= 0.6 is 0 Å². The summed E-state index contributed by atoms with van der Waals surface area (Å²) in [6, 6.07) is 28.5. The van der Waals surface area contributed by atoms with Gasteiger partial charge in [-0.2, -0.15) is 0 Å². The number of fused-ring (bicyclic) bond motifs is 5. The monoisotopic (exact) mass is 361 g/mol. The molecule has 0 aliphatic heterocycles. The summed E-state index contributed by atoms with van der Waals surface area (Å²) in [4.78, 5) is 4.74. The number of benzene rings is 4. The van der Waals surface area contributed by atoms with E-state index in [-0.39, 0.29) is 5.41 Å². The average molecular weight is 361 g/mol. The molecule has 0 radical (unpaired) electrons. The Bertz CT molecular complexity index is 1320. The fraction of sp³-hybridized carbons (Fsp3) is 0.148.